The average molecular weight is 419 g/mol. The van der Waals surface area contributed by atoms with Crippen LogP contribution in [0.2, 0.25) is 0 Å². The highest BCUT2D eigenvalue weighted by Crippen LogP contribution is 2.62. The zero-order valence-corrected chi connectivity index (χ0v) is 17.6. The zero-order chi connectivity index (χ0) is 21.6. The molecular formula is C22H25N7O2. The van der Waals surface area contributed by atoms with E-state index in [0.29, 0.717) is 35.5 Å². The van der Waals surface area contributed by atoms with Gasteiger partial charge in [0.15, 0.2) is 6.23 Å². The highest BCUT2D eigenvalue weighted by Gasteiger charge is 2.62. The van der Waals surface area contributed by atoms with Crippen molar-refractivity contribution in [3.05, 3.63) is 35.7 Å². The molecule has 2 bridgehead atoms. The Morgan fingerprint density at radius 1 is 1.29 bits per heavy atom. The van der Waals surface area contributed by atoms with Gasteiger partial charge < -0.3 is 25.0 Å². The van der Waals surface area contributed by atoms with E-state index in [-0.39, 0.29) is 5.54 Å². The van der Waals surface area contributed by atoms with Crippen molar-refractivity contribution >= 4 is 23.7 Å². The van der Waals surface area contributed by atoms with Gasteiger partial charge in [-0.05, 0) is 57.5 Å². The van der Waals surface area contributed by atoms with Gasteiger partial charge in [0.25, 0.3) is 0 Å². The van der Waals surface area contributed by atoms with E-state index >= 15 is 0 Å². The average Bonchev–Trinajstić information content (AvgIpc) is 2.68. The Bertz CT molecular complexity index is 1040. The summed E-state index contributed by atoms with van der Waals surface area (Å²) in [6, 6.07) is 5.78. The molecular weight excluding hydrogens is 394 g/mol. The molecule has 0 radical (unpaired) electrons. The molecule has 0 spiro atoms. The van der Waals surface area contributed by atoms with Crippen LogP contribution in [0.1, 0.15) is 24.8 Å². The number of fused-ring (bicyclic) bond motifs is 1. The van der Waals surface area contributed by atoms with Crippen LogP contribution in [0.15, 0.2) is 30.1 Å². The van der Waals surface area contributed by atoms with Crippen LogP contribution in [0.5, 0.6) is 5.75 Å². The first-order valence-electron chi connectivity index (χ1n) is 10.4. The number of hydrogen-bond acceptors (Lipinski definition) is 9. The Labute approximate surface area is 181 Å². The molecule has 160 valence electrons. The number of nitrogens with one attached hydrogen (secondary N) is 1. The number of aromatic nitrogens is 3. The van der Waals surface area contributed by atoms with Crippen molar-refractivity contribution in [1.82, 2.24) is 19.9 Å². The SMILES string of the molecule is CN(C)CCOc1ccc(Nc2ncc3c(n2)N(C24CC(C2)C4)C(O)C(C#N)=C3)nc1. The first kappa shape index (κ1) is 19.7. The Kier molecular flexibility index (Phi) is 4.76. The number of nitrogens with zero attached hydrogens (tertiary/aromatic N) is 6. The normalized spacial score (nSPS) is 25.6. The van der Waals surface area contributed by atoms with Gasteiger partial charge in [-0.2, -0.15) is 10.2 Å². The zero-order valence-electron chi connectivity index (χ0n) is 17.6. The van der Waals surface area contributed by atoms with Gasteiger partial charge in [0.2, 0.25) is 5.95 Å². The van der Waals surface area contributed by atoms with Crippen molar-refractivity contribution < 1.29 is 9.84 Å². The lowest BCUT2D eigenvalue weighted by Gasteiger charge is -2.67. The van der Waals surface area contributed by atoms with E-state index in [1.54, 1.807) is 18.5 Å². The van der Waals surface area contributed by atoms with Gasteiger partial charge in [0, 0.05) is 23.8 Å². The first-order chi connectivity index (χ1) is 15.0. The fourth-order valence-electron chi connectivity index (χ4n) is 4.54. The summed E-state index contributed by atoms with van der Waals surface area (Å²) in [5.41, 5.74) is 0.979. The lowest BCUT2D eigenvalue weighted by atomic mass is 9.48. The molecule has 1 atom stereocenters. The Morgan fingerprint density at radius 3 is 2.71 bits per heavy atom. The number of ether oxygens (including phenoxy) is 1. The Morgan fingerprint density at radius 2 is 2.10 bits per heavy atom. The van der Waals surface area contributed by atoms with E-state index in [1.807, 2.05) is 31.1 Å². The predicted molar refractivity (Wildman–Crippen MR) is 116 cm³/mol. The number of aliphatic hydroxyl groups excluding tert-OH is 1. The summed E-state index contributed by atoms with van der Waals surface area (Å²) >= 11 is 0. The standard InChI is InChI=1S/C22H25N7O2/c1-28(2)5-6-31-17-3-4-18(24-13-17)26-21-25-12-16-7-15(11-23)20(30)29(19(16)27-21)22-8-14(9-22)10-22/h3-4,7,12-14,20,30H,5-6,8-10H2,1-2H3,(H,24,25,26,27). The maximum Gasteiger partial charge on any atom is 0.230 e. The van der Waals surface area contributed by atoms with Crippen LogP contribution in [0.4, 0.5) is 17.6 Å². The number of aliphatic hydroxyl groups is 1. The summed E-state index contributed by atoms with van der Waals surface area (Å²) in [4.78, 5) is 17.4. The third kappa shape index (κ3) is 3.48. The molecule has 2 N–H and O–H groups in total. The number of likely N-dealkylation sites (N-methyl/N-ethyl adjacent to an activating group) is 1. The molecule has 9 nitrogen and oxygen atoms in total. The van der Waals surface area contributed by atoms with Crippen molar-refractivity contribution in [3.8, 4) is 11.8 Å². The highest BCUT2D eigenvalue weighted by molar-refractivity contribution is 5.75. The maximum absolute atomic E-state index is 10.8. The smallest absolute Gasteiger partial charge is 0.230 e. The number of hydrogen-bond donors (Lipinski definition) is 2. The summed E-state index contributed by atoms with van der Waals surface area (Å²) in [7, 11) is 4.00. The van der Waals surface area contributed by atoms with E-state index in [0.717, 1.165) is 37.3 Å². The number of rotatable bonds is 7. The molecule has 0 amide bonds. The molecule has 3 saturated carbocycles. The van der Waals surface area contributed by atoms with Crippen LogP contribution in [0.3, 0.4) is 0 Å². The van der Waals surface area contributed by atoms with Crippen molar-refractivity contribution in [3.63, 3.8) is 0 Å². The van der Waals surface area contributed by atoms with Crippen molar-refractivity contribution in [2.45, 2.75) is 31.0 Å². The van der Waals surface area contributed by atoms with E-state index in [4.69, 9.17) is 4.74 Å². The molecule has 6 rings (SSSR count). The molecule has 2 aromatic rings. The van der Waals surface area contributed by atoms with Crippen LogP contribution < -0.4 is 15.0 Å². The van der Waals surface area contributed by atoms with Crippen LogP contribution in [0.25, 0.3) is 6.08 Å². The molecule has 0 aromatic carbocycles. The fourth-order valence-corrected chi connectivity index (χ4v) is 4.54. The van der Waals surface area contributed by atoms with Gasteiger partial charge in [0.1, 0.15) is 24.0 Å². The molecule has 3 fully saturated rings. The van der Waals surface area contributed by atoms with E-state index in [9.17, 15) is 10.4 Å². The molecule has 3 aliphatic carbocycles. The minimum absolute atomic E-state index is 0.0926. The molecule has 9 heteroatoms. The maximum atomic E-state index is 10.8. The quantitative estimate of drug-likeness (QED) is 0.697. The summed E-state index contributed by atoms with van der Waals surface area (Å²) in [6.07, 6.45) is 7.15. The van der Waals surface area contributed by atoms with E-state index < -0.39 is 6.23 Å². The largest absolute Gasteiger partial charge is 0.491 e. The van der Waals surface area contributed by atoms with Crippen LogP contribution in [0, 0.1) is 17.2 Å². The van der Waals surface area contributed by atoms with Gasteiger partial charge in [-0.15, -0.1) is 0 Å². The predicted octanol–water partition coefficient (Wildman–Crippen LogP) is 2.15. The molecule has 0 saturated heterocycles. The molecule has 4 aliphatic rings. The van der Waals surface area contributed by atoms with Gasteiger partial charge in [-0.25, -0.2) is 9.97 Å². The number of nitriles is 1. The van der Waals surface area contributed by atoms with Crippen molar-refractivity contribution in [2.24, 2.45) is 5.92 Å². The summed E-state index contributed by atoms with van der Waals surface area (Å²) < 4.78 is 5.67. The summed E-state index contributed by atoms with van der Waals surface area (Å²) in [5, 5.41) is 23.4. The molecule has 1 aliphatic heterocycles. The molecule has 3 heterocycles. The van der Waals surface area contributed by atoms with Crippen molar-refractivity contribution in [2.75, 3.05) is 37.5 Å². The van der Waals surface area contributed by atoms with Gasteiger partial charge in [-0.1, -0.05) is 0 Å². The minimum atomic E-state index is -0.974. The molecule has 2 aromatic heterocycles. The lowest BCUT2D eigenvalue weighted by molar-refractivity contribution is -0.0476. The first-order valence-corrected chi connectivity index (χ1v) is 10.4. The van der Waals surface area contributed by atoms with E-state index in [2.05, 4.69) is 31.2 Å². The highest BCUT2D eigenvalue weighted by atomic mass is 16.5. The van der Waals surface area contributed by atoms with Crippen LogP contribution >= 0.6 is 0 Å². The monoisotopic (exact) mass is 419 g/mol. The summed E-state index contributed by atoms with van der Waals surface area (Å²) in [6.45, 7) is 1.42. The lowest BCUT2D eigenvalue weighted by Crippen LogP contribution is -2.71. The van der Waals surface area contributed by atoms with Crippen molar-refractivity contribution in [1.29, 1.82) is 5.26 Å². The second-order valence-corrected chi connectivity index (χ2v) is 8.79. The van der Waals surface area contributed by atoms with E-state index in [1.165, 1.54) is 0 Å². The van der Waals surface area contributed by atoms with Gasteiger partial charge >= 0.3 is 0 Å². The van der Waals surface area contributed by atoms with Crippen LogP contribution in [-0.4, -0.2) is 64.0 Å². The van der Waals surface area contributed by atoms with Gasteiger partial charge in [0.05, 0.1) is 17.8 Å². The Hall–Kier alpha value is -3.22. The second-order valence-electron chi connectivity index (χ2n) is 8.79. The molecule has 1 unspecified atom stereocenters. The van der Waals surface area contributed by atoms with Crippen LogP contribution in [-0.2, 0) is 0 Å². The second kappa shape index (κ2) is 7.48. The Balaban J connectivity index is 1.35. The molecule has 31 heavy (non-hydrogen) atoms. The fraction of sp³-hybridized carbons (Fsp3) is 0.455. The summed E-state index contributed by atoms with van der Waals surface area (Å²) in [5.74, 6) is 3.08. The number of pyridine rings is 1. The third-order valence-corrected chi connectivity index (χ3v) is 6.29. The third-order valence-electron chi connectivity index (χ3n) is 6.29. The van der Waals surface area contributed by atoms with Gasteiger partial charge in [-0.3, -0.25) is 0 Å². The number of anilines is 3. The minimum Gasteiger partial charge on any atom is -0.491 e. The topological polar surface area (TPSA) is 110 Å².